The van der Waals surface area contributed by atoms with Gasteiger partial charge in [-0.3, -0.25) is 10.1 Å². The zero-order chi connectivity index (χ0) is 14.6. The number of hydrogen-bond acceptors (Lipinski definition) is 5. The fraction of sp³-hybridized carbons (Fsp3) is 0.385. The Kier molecular flexibility index (Phi) is 4.22. The minimum absolute atomic E-state index is 0.124. The Morgan fingerprint density at radius 2 is 1.84 bits per heavy atom. The summed E-state index contributed by atoms with van der Waals surface area (Å²) in [6.45, 7) is 3.49. The van der Waals surface area contributed by atoms with E-state index in [1.165, 1.54) is 26.4 Å². The second kappa shape index (κ2) is 5.48. The lowest BCUT2D eigenvalue weighted by atomic mass is 10.1. The molecule has 1 aromatic rings. The van der Waals surface area contributed by atoms with Crippen molar-refractivity contribution in [2.45, 2.75) is 19.4 Å². The lowest BCUT2D eigenvalue weighted by molar-refractivity contribution is -0.384. The topological polar surface area (TPSA) is 73.6 Å². The van der Waals surface area contributed by atoms with Crippen LogP contribution in [-0.2, 0) is 0 Å². The molecule has 19 heavy (non-hydrogen) atoms. The number of nitrogens with zero attached hydrogens (tertiary/aromatic N) is 1. The summed E-state index contributed by atoms with van der Waals surface area (Å²) < 4.78 is 10.2. The van der Waals surface area contributed by atoms with E-state index >= 15 is 0 Å². The summed E-state index contributed by atoms with van der Waals surface area (Å²) in [6.07, 6.45) is 5.37. The molecule has 0 heterocycles. The molecule has 0 aromatic heterocycles. The molecule has 0 aliphatic rings. The first-order valence-corrected chi connectivity index (χ1v) is 5.51. The number of hydrogen-bond donors (Lipinski definition) is 1. The molecule has 6 heteroatoms. The molecule has 0 fully saturated rings. The maximum Gasteiger partial charge on any atom is 0.296 e. The maximum absolute atomic E-state index is 11.1. The number of benzene rings is 1. The van der Waals surface area contributed by atoms with E-state index in [1.807, 2.05) is 0 Å². The van der Waals surface area contributed by atoms with Gasteiger partial charge in [-0.1, -0.05) is 5.92 Å². The molecule has 1 rings (SSSR count). The Hall–Kier alpha value is -2.42. The van der Waals surface area contributed by atoms with Gasteiger partial charge in [-0.2, -0.15) is 0 Å². The Morgan fingerprint density at radius 1 is 1.32 bits per heavy atom. The normalized spacial score (nSPS) is 10.5. The van der Waals surface area contributed by atoms with Gasteiger partial charge in [0.25, 0.3) is 5.69 Å². The van der Waals surface area contributed by atoms with Crippen LogP contribution in [0.4, 0.5) is 11.4 Å². The van der Waals surface area contributed by atoms with Crippen LogP contribution in [0.15, 0.2) is 12.1 Å². The van der Waals surface area contributed by atoms with Crippen molar-refractivity contribution in [1.82, 2.24) is 0 Å². The van der Waals surface area contributed by atoms with Crippen LogP contribution in [0, 0.1) is 22.5 Å². The van der Waals surface area contributed by atoms with Gasteiger partial charge in [0.05, 0.1) is 30.7 Å². The molecule has 1 aromatic carbocycles. The molecule has 0 radical (unpaired) electrons. The van der Waals surface area contributed by atoms with Gasteiger partial charge in [0.2, 0.25) is 0 Å². The number of nitrogens with one attached hydrogen (secondary N) is 1. The van der Waals surface area contributed by atoms with Crippen molar-refractivity contribution in [1.29, 1.82) is 0 Å². The summed E-state index contributed by atoms with van der Waals surface area (Å²) in [5, 5.41) is 14.0. The van der Waals surface area contributed by atoms with Crippen LogP contribution in [0.1, 0.15) is 13.8 Å². The van der Waals surface area contributed by atoms with Crippen LogP contribution >= 0.6 is 0 Å². The van der Waals surface area contributed by atoms with Gasteiger partial charge in [0.15, 0.2) is 11.5 Å². The standard InChI is InChI=1S/C13H16N2O4/c1-6-13(2,3)14-9-7-11(18-4)12(19-5)8-10(9)15(16)17/h1,7-8,14H,2-5H3. The van der Waals surface area contributed by atoms with Crippen LogP contribution in [0.5, 0.6) is 11.5 Å². The van der Waals surface area contributed by atoms with Gasteiger partial charge in [0.1, 0.15) is 5.69 Å². The number of nitro benzene ring substituents is 1. The molecular formula is C13H16N2O4. The van der Waals surface area contributed by atoms with Gasteiger partial charge in [-0.25, -0.2) is 0 Å². The monoisotopic (exact) mass is 264 g/mol. The first-order valence-electron chi connectivity index (χ1n) is 5.51. The van der Waals surface area contributed by atoms with Crippen molar-refractivity contribution in [3.63, 3.8) is 0 Å². The lowest BCUT2D eigenvalue weighted by Crippen LogP contribution is -2.28. The van der Waals surface area contributed by atoms with E-state index in [9.17, 15) is 10.1 Å². The molecule has 0 aliphatic heterocycles. The molecule has 0 saturated carbocycles. The largest absolute Gasteiger partial charge is 0.493 e. The van der Waals surface area contributed by atoms with Gasteiger partial charge in [-0.05, 0) is 13.8 Å². The van der Waals surface area contributed by atoms with Gasteiger partial charge in [0, 0.05) is 6.07 Å². The van der Waals surface area contributed by atoms with Crippen molar-refractivity contribution in [3.05, 3.63) is 22.2 Å². The molecule has 0 bridgehead atoms. The third-order valence-electron chi connectivity index (χ3n) is 2.51. The Balaban J connectivity index is 3.36. The average molecular weight is 264 g/mol. The van der Waals surface area contributed by atoms with Crippen molar-refractivity contribution >= 4 is 11.4 Å². The molecule has 1 N–H and O–H groups in total. The molecule has 0 saturated heterocycles. The fourth-order valence-corrected chi connectivity index (χ4v) is 1.49. The Bertz CT molecular complexity index is 532. The Labute approximate surface area is 111 Å². The van der Waals surface area contributed by atoms with Crippen LogP contribution in [0.3, 0.4) is 0 Å². The molecule has 0 spiro atoms. The summed E-state index contributed by atoms with van der Waals surface area (Å²) in [6, 6.07) is 2.80. The zero-order valence-corrected chi connectivity index (χ0v) is 11.3. The minimum Gasteiger partial charge on any atom is -0.493 e. The van der Waals surface area contributed by atoms with Crippen LogP contribution < -0.4 is 14.8 Å². The number of rotatable bonds is 5. The summed E-state index contributed by atoms with van der Waals surface area (Å²) >= 11 is 0. The number of ether oxygens (including phenoxy) is 2. The van der Waals surface area contributed by atoms with E-state index in [-0.39, 0.29) is 11.4 Å². The second-order valence-electron chi connectivity index (χ2n) is 4.38. The molecule has 0 unspecified atom stereocenters. The highest BCUT2D eigenvalue weighted by molar-refractivity contribution is 5.69. The molecule has 0 aliphatic carbocycles. The fourth-order valence-electron chi connectivity index (χ4n) is 1.49. The van der Waals surface area contributed by atoms with Crippen molar-refractivity contribution in [3.8, 4) is 23.8 Å². The van der Waals surface area contributed by atoms with E-state index in [4.69, 9.17) is 15.9 Å². The number of nitro groups is 1. The van der Waals surface area contributed by atoms with Gasteiger partial charge in [-0.15, -0.1) is 6.42 Å². The smallest absolute Gasteiger partial charge is 0.296 e. The zero-order valence-electron chi connectivity index (χ0n) is 11.3. The maximum atomic E-state index is 11.1. The summed E-state index contributed by atoms with van der Waals surface area (Å²) in [7, 11) is 2.87. The third kappa shape index (κ3) is 3.28. The summed E-state index contributed by atoms with van der Waals surface area (Å²) in [5.41, 5.74) is -0.559. The first-order chi connectivity index (χ1) is 8.84. The average Bonchev–Trinajstić information content (AvgIpc) is 2.37. The summed E-state index contributed by atoms with van der Waals surface area (Å²) in [4.78, 5) is 10.6. The minimum atomic E-state index is -0.718. The molecular weight excluding hydrogens is 248 g/mol. The van der Waals surface area contributed by atoms with E-state index in [0.717, 1.165) is 0 Å². The lowest BCUT2D eigenvalue weighted by Gasteiger charge is -2.21. The van der Waals surface area contributed by atoms with Gasteiger partial charge < -0.3 is 14.8 Å². The van der Waals surface area contributed by atoms with Crippen molar-refractivity contribution in [2.75, 3.05) is 19.5 Å². The van der Waals surface area contributed by atoms with E-state index < -0.39 is 10.5 Å². The second-order valence-corrected chi connectivity index (χ2v) is 4.38. The highest BCUT2D eigenvalue weighted by atomic mass is 16.6. The highest BCUT2D eigenvalue weighted by Gasteiger charge is 2.23. The molecule has 6 nitrogen and oxygen atoms in total. The SMILES string of the molecule is C#CC(C)(C)Nc1cc(OC)c(OC)cc1[N+](=O)[O-]. The third-order valence-corrected chi connectivity index (χ3v) is 2.51. The van der Waals surface area contributed by atoms with Crippen molar-refractivity contribution < 1.29 is 14.4 Å². The van der Waals surface area contributed by atoms with Crippen LogP contribution in [-0.4, -0.2) is 24.7 Å². The molecule has 102 valence electrons. The van der Waals surface area contributed by atoms with Gasteiger partial charge >= 0.3 is 0 Å². The van der Waals surface area contributed by atoms with Crippen molar-refractivity contribution in [2.24, 2.45) is 0 Å². The number of anilines is 1. The van der Waals surface area contributed by atoms with E-state index in [1.54, 1.807) is 13.8 Å². The van der Waals surface area contributed by atoms with Crippen LogP contribution in [0.25, 0.3) is 0 Å². The molecule has 0 atom stereocenters. The first kappa shape index (κ1) is 14.6. The highest BCUT2D eigenvalue weighted by Crippen LogP contribution is 2.38. The number of terminal acetylenes is 1. The summed E-state index contributed by atoms with van der Waals surface area (Å²) in [5.74, 6) is 3.20. The number of methoxy groups -OCH3 is 2. The molecule has 0 amide bonds. The quantitative estimate of drug-likeness (QED) is 0.502. The van der Waals surface area contributed by atoms with Crippen LogP contribution in [0.2, 0.25) is 0 Å². The predicted octanol–water partition coefficient (Wildman–Crippen LogP) is 2.44. The van der Waals surface area contributed by atoms with E-state index in [2.05, 4.69) is 11.2 Å². The Morgan fingerprint density at radius 3 is 2.26 bits per heavy atom. The predicted molar refractivity (Wildman–Crippen MR) is 72.7 cm³/mol. The van der Waals surface area contributed by atoms with E-state index in [0.29, 0.717) is 11.5 Å².